The standard InChI is InChI=1S/C64H106O6/c1-4-7-10-13-16-19-22-24-26-27-28-29-30-31-32-33-34-35-36-37-39-40-42-45-48-51-54-57-63(66)69-60-61(59-68-62(65)56-53-50-47-44-21-18-15-12-9-6-3)70-64(67)58-55-52-49-46-43-41-38-25-23-20-17-14-11-8-5-2/h7,10,16,19,24-26,28-29,31-32,34-35,37-39,42,45,61H,4-6,8-9,11-15,17-18,20-23,27,30,33,36,40-41,43-44,46-60H2,1-3H3/b10-7-,19-16-,26-24-,29-28-,32-31-,35-34-,38-25-,39-37-,45-42-. The van der Waals surface area contributed by atoms with Crippen molar-refractivity contribution in [2.75, 3.05) is 13.2 Å². The number of rotatable bonds is 51. The van der Waals surface area contributed by atoms with Gasteiger partial charge in [-0.15, -0.1) is 0 Å². The fourth-order valence-electron chi connectivity index (χ4n) is 7.69. The van der Waals surface area contributed by atoms with E-state index in [-0.39, 0.29) is 31.1 Å². The Kier molecular flexibility index (Phi) is 54.4. The van der Waals surface area contributed by atoms with Crippen molar-refractivity contribution in [3.63, 3.8) is 0 Å². The maximum absolute atomic E-state index is 12.8. The summed E-state index contributed by atoms with van der Waals surface area (Å²) in [5, 5.41) is 0. The van der Waals surface area contributed by atoms with Gasteiger partial charge in [0.15, 0.2) is 6.10 Å². The minimum absolute atomic E-state index is 0.0946. The summed E-state index contributed by atoms with van der Waals surface area (Å²) in [6, 6.07) is 0. The van der Waals surface area contributed by atoms with Gasteiger partial charge in [-0.3, -0.25) is 14.4 Å². The molecule has 0 bridgehead atoms. The lowest BCUT2D eigenvalue weighted by Gasteiger charge is -2.18. The average molecular weight is 972 g/mol. The van der Waals surface area contributed by atoms with E-state index in [4.69, 9.17) is 14.2 Å². The molecule has 0 saturated heterocycles. The number of hydrogen-bond donors (Lipinski definition) is 0. The van der Waals surface area contributed by atoms with Gasteiger partial charge >= 0.3 is 17.9 Å². The zero-order valence-corrected chi connectivity index (χ0v) is 45.5. The molecular formula is C64H106O6. The molecule has 398 valence electrons. The van der Waals surface area contributed by atoms with Crippen molar-refractivity contribution in [1.82, 2.24) is 0 Å². The van der Waals surface area contributed by atoms with E-state index in [1.54, 1.807) is 0 Å². The molecule has 0 rings (SSSR count). The van der Waals surface area contributed by atoms with Gasteiger partial charge in [0.1, 0.15) is 13.2 Å². The molecule has 0 saturated carbocycles. The molecule has 0 heterocycles. The molecule has 6 heteroatoms. The highest BCUT2D eigenvalue weighted by Gasteiger charge is 2.19. The topological polar surface area (TPSA) is 78.9 Å². The van der Waals surface area contributed by atoms with Gasteiger partial charge in [-0.1, -0.05) is 239 Å². The molecule has 0 spiro atoms. The largest absolute Gasteiger partial charge is 0.462 e. The Morgan fingerprint density at radius 2 is 0.557 bits per heavy atom. The predicted octanol–water partition coefficient (Wildman–Crippen LogP) is 19.5. The number of carbonyl (C=O) groups excluding carboxylic acids is 3. The third-order valence-corrected chi connectivity index (χ3v) is 12.0. The van der Waals surface area contributed by atoms with Crippen molar-refractivity contribution in [3.8, 4) is 0 Å². The van der Waals surface area contributed by atoms with Crippen LogP contribution in [0.2, 0.25) is 0 Å². The molecule has 0 aromatic carbocycles. The van der Waals surface area contributed by atoms with Crippen molar-refractivity contribution in [1.29, 1.82) is 0 Å². The Labute approximate surface area is 431 Å². The van der Waals surface area contributed by atoms with Crippen molar-refractivity contribution >= 4 is 17.9 Å². The minimum atomic E-state index is -0.799. The van der Waals surface area contributed by atoms with E-state index in [1.165, 1.54) is 96.3 Å². The molecule has 0 aliphatic rings. The molecule has 0 amide bonds. The van der Waals surface area contributed by atoms with Crippen molar-refractivity contribution in [2.24, 2.45) is 0 Å². The second-order valence-corrected chi connectivity index (χ2v) is 18.8. The first kappa shape index (κ1) is 66.1. The lowest BCUT2D eigenvalue weighted by atomic mass is 10.1. The van der Waals surface area contributed by atoms with Crippen LogP contribution >= 0.6 is 0 Å². The summed E-state index contributed by atoms with van der Waals surface area (Å²) in [5.74, 6) is -0.950. The molecule has 0 fully saturated rings. The van der Waals surface area contributed by atoms with E-state index in [1.807, 2.05) is 0 Å². The molecular weight excluding hydrogens is 865 g/mol. The summed E-state index contributed by atoms with van der Waals surface area (Å²) >= 11 is 0. The van der Waals surface area contributed by atoms with E-state index in [2.05, 4.69) is 130 Å². The van der Waals surface area contributed by atoms with Crippen LogP contribution < -0.4 is 0 Å². The quantitative estimate of drug-likeness (QED) is 0.0262. The van der Waals surface area contributed by atoms with Crippen LogP contribution in [0.3, 0.4) is 0 Å². The third kappa shape index (κ3) is 55.0. The number of esters is 3. The number of hydrogen-bond acceptors (Lipinski definition) is 6. The lowest BCUT2D eigenvalue weighted by molar-refractivity contribution is -0.167. The molecule has 0 aromatic rings. The Balaban J connectivity index is 4.38. The molecule has 1 unspecified atom stereocenters. The molecule has 1 atom stereocenters. The van der Waals surface area contributed by atoms with Gasteiger partial charge < -0.3 is 14.2 Å². The zero-order valence-electron chi connectivity index (χ0n) is 45.5. The van der Waals surface area contributed by atoms with Crippen LogP contribution in [0.25, 0.3) is 0 Å². The molecule has 0 aliphatic carbocycles. The van der Waals surface area contributed by atoms with E-state index >= 15 is 0 Å². The van der Waals surface area contributed by atoms with Crippen LogP contribution in [0.15, 0.2) is 109 Å². The number of allylic oxidation sites excluding steroid dienone is 18. The first-order valence-corrected chi connectivity index (χ1v) is 28.9. The molecule has 0 radical (unpaired) electrons. The highest BCUT2D eigenvalue weighted by atomic mass is 16.6. The monoisotopic (exact) mass is 971 g/mol. The predicted molar refractivity (Wildman–Crippen MR) is 302 cm³/mol. The lowest BCUT2D eigenvalue weighted by Crippen LogP contribution is -2.30. The molecule has 6 nitrogen and oxygen atoms in total. The van der Waals surface area contributed by atoms with Crippen LogP contribution in [0.1, 0.15) is 258 Å². The van der Waals surface area contributed by atoms with Crippen LogP contribution in [0.4, 0.5) is 0 Å². The summed E-state index contributed by atoms with van der Waals surface area (Å²) in [4.78, 5) is 38.0. The van der Waals surface area contributed by atoms with Crippen LogP contribution in [-0.2, 0) is 28.6 Å². The molecule has 0 aromatic heterocycles. The number of unbranched alkanes of at least 4 members (excludes halogenated alkanes) is 22. The van der Waals surface area contributed by atoms with Gasteiger partial charge in [0.25, 0.3) is 0 Å². The first-order chi connectivity index (χ1) is 34.5. The van der Waals surface area contributed by atoms with E-state index < -0.39 is 6.10 Å². The SMILES string of the molecule is CC/C=C\C/C=C\C/C=C\C/C=C\C/C=C\C/C=C\C/C=C\C/C=C\CCCCC(=O)OCC(COC(=O)CCCCCCCCCCCC)OC(=O)CCCCCCC/C=C\CCCCCCCC. The zero-order chi connectivity index (χ0) is 50.7. The van der Waals surface area contributed by atoms with Crippen LogP contribution in [0.5, 0.6) is 0 Å². The van der Waals surface area contributed by atoms with Crippen molar-refractivity contribution < 1.29 is 28.6 Å². The maximum Gasteiger partial charge on any atom is 0.306 e. The summed E-state index contributed by atoms with van der Waals surface area (Å²) < 4.78 is 16.8. The summed E-state index contributed by atoms with van der Waals surface area (Å²) in [6.45, 7) is 6.46. The Bertz CT molecular complexity index is 1440. The number of carbonyl (C=O) groups is 3. The summed E-state index contributed by atoms with van der Waals surface area (Å²) in [6.07, 6.45) is 78.0. The molecule has 0 aliphatic heterocycles. The highest BCUT2D eigenvalue weighted by Crippen LogP contribution is 2.14. The first-order valence-electron chi connectivity index (χ1n) is 28.9. The Morgan fingerprint density at radius 1 is 0.300 bits per heavy atom. The highest BCUT2D eigenvalue weighted by molar-refractivity contribution is 5.71. The Morgan fingerprint density at radius 3 is 0.914 bits per heavy atom. The minimum Gasteiger partial charge on any atom is -0.462 e. The fraction of sp³-hybridized carbons (Fsp3) is 0.672. The third-order valence-electron chi connectivity index (χ3n) is 12.0. The Hall–Kier alpha value is -3.93. The van der Waals surface area contributed by atoms with Gasteiger partial charge in [-0.2, -0.15) is 0 Å². The second kappa shape index (κ2) is 57.6. The van der Waals surface area contributed by atoms with E-state index in [0.717, 1.165) is 122 Å². The smallest absolute Gasteiger partial charge is 0.306 e. The van der Waals surface area contributed by atoms with Gasteiger partial charge in [-0.25, -0.2) is 0 Å². The summed E-state index contributed by atoms with van der Waals surface area (Å²) in [5.41, 5.74) is 0. The fourth-order valence-corrected chi connectivity index (χ4v) is 7.69. The van der Waals surface area contributed by atoms with Gasteiger partial charge in [0, 0.05) is 19.3 Å². The van der Waals surface area contributed by atoms with Crippen molar-refractivity contribution in [3.05, 3.63) is 109 Å². The summed E-state index contributed by atoms with van der Waals surface area (Å²) in [7, 11) is 0. The number of ether oxygens (including phenoxy) is 3. The van der Waals surface area contributed by atoms with Gasteiger partial charge in [0.05, 0.1) is 0 Å². The molecule has 70 heavy (non-hydrogen) atoms. The maximum atomic E-state index is 12.8. The van der Waals surface area contributed by atoms with Crippen LogP contribution in [0, 0.1) is 0 Å². The van der Waals surface area contributed by atoms with Gasteiger partial charge in [-0.05, 0) is 109 Å². The normalized spacial score (nSPS) is 12.9. The van der Waals surface area contributed by atoms with Crippen LogP contribution in [-0.4, -0.2) is 37.2 Å². The average Bonchev–Trinajstić information content (AvgIpc) is 3.36. The van der Waals surface area contributed by atoms with E-state index in [9.17, 15) is 14.4 Å². The second-order valence-electron chi connectivity index (χ2n) is 18.8. The van der Waals surface area contributed by atoms with E-state index in [0.29, 0.717) is 19.3 Å². The van der Waals surface area contributed by atoms with Gasteiger partial charge in [0.2, 0.25) is 0 Å². The van der Waals surface area contributed by atoms with Crippen molar-refractivity contribution in [2.45, 2.75) is 264 Å². The molecule has 0 N–H and O–H groups in total.